The van der Waals surface area contributed by atoms with E-state index in [-0.39, 0.29) is 23.9 Å². The highest BCUT2D eigenvalue weighted by molar-refractivity contribution is 5.85. The molecule has 2 heterocycles. The molecule has 162 valence electrons. The van der Waals surface area contributed by atoms with Crippen LogP contribution in [-0.2, 0) is 6.54 Å². The molecule has 0 saturated carbocycles. The zero-order valence-electron chi connectivity index (χ0n) is 16.6. The monoisotopic (exact) mass is 432 g/mol. The molecule has 2 aromatic rings. The molecule has 1 aromatic heterocycles. The molecule has 29 heavy (non-hydrogen) atoms. The summed E-state index contributed by atoms with van der Waals surface area (Å²) in [6, 6.07) is 4.56. The minimum atomic E-state index is -2.92. The predicted molar refractivity (Wildman–Crippen MR) is 107 cm³/mol. The number of methoxy groups -OCH3 is 1. The summed E-state index contributed by atoms with van der Waals surface area (Å²) in [5.41, 5.74) is 0.610. The zero-order chi connectivity index (χ0) is 19.9. The molecule has 1 aliphatic heterocycles. The van der Waals surface area contributed by atoms with E-state index in [2.05, 4.69) is 25.1 Å². The van der Waals surface area contributed by atoms with E-state index < -0.39 is 6.61 Å². The molecule has 10 heteroatoms. The molecule has 0 amide bonds. The lowest BCUT2D eigenvalue weighted by atomic mass is 9.93. The fourth-order valence-corrected chi connectivity index (χ4v) is 3.41. The van der Waals surface area contributed by atoms with Crippen molar-refractivity contribution in [1.82, 2.24) is 20.4 Å². The number of halogens is 3. The van der Waals surface area contributed by atoms with E-state index in [0.29, 0.717) is 23.8 Å². The third-order valence-electron chi connectivity index (χ3n) is 4.97. The maximum atomic E-state index is 12.4. The Bertz CT molecular complexity index is 755. The first-order valence-corrected chi connectivity index (χ1v) is 9.41. The number of aromatic nitrogens is 2. The highest BCUT2D eigenvalue weighted by atomic mass is 35.5. The maximum absolute atomic E-state index is 12.4. The number of rotatable bonds is 9. The van der Waals surface area contributed by atoms with Crippen LogP contribution in [-0.4, -0.2) is 55.4 Å². The lowest BCUT2D eigenvalue weighted by Gasteiger charge is -2.30. The van der Waals surface area contributed by atoms with Crippen molar-refractivity contribution in [1.29, 1.82) is 0 Å². The van der Waals surface area contributed by atoms with Gasteiger partial charge in [-0.1, -0.05) is 5.16 Å². The summed E-state index contributed by atoms with van der Waals surface area (Å²) in [5.74, 6) is 1.85. The van der Waals surface area contributed by atoms with Gasteiger partial charge < -0.3 is 19.3 Å². The normalized spacial score (nSPS) is 15.3. The Morgan fingerprint density at radius 2 is 2.03 bits per heavy atom. The second-order valence-electron chi connectivity index (χ2n) is 6.87. The van der Waals surface area contributed by atoms with Crippen LogP contribution in [0.2, 0.25) is 0 Å². The molecule has 1 aromatic carbocycles. The van der Waals surface area contributed by atoms with E-state index in [9.17, 15) is 8.78 Å². The van der Waals surface area contributed by atoms with E-state index in [4.69, 9.17) is 9.26 Å². The van der Waals surface area contributed by atoms with Crippen molar-refractivity contribution in [3.63, 3.8) is 0 Å². The van der Waals surface area contributed by atoms with Crippen molar-refractivity contribution in [3.8, 4) is 22.9 Å². The summed E-state index contributed by atoms with van der Waals surface area (Å²) in [5, 5.41) is 7.21. The predicted octanol–water partition coefficient (Wildman–Crippen LogP) is 3.59. The molecule has 0 spiro atoms. The van der Waals surface area contributed by atoms with Crippen LogP contribution in [0.25, 0.3) is 11.4 Å². The molecule has 1 saturated heterocycles. The van der Waals surface area contributed by atoms with Gasteiger partial charge in [0.2, 0.25) is 11.7 Å². The van der Waals surface area contributed by atoms with Crippen molar-refractivity contribution >= 4 is 12.4 Å². The van der Waals surface area contributed by atoms with Gasteiger partial charge in [-0.05, 0) is 70.1 Å². The Morgan fingerprint density at radius 1 is 1.28 bits per heavy atom. The fourth-order valence-electron chi connectivity index (χ4n) is 3.41. The topological polar surface area (TPSA) is 72.7 Å². The fraction of sp³-hybridized carbons (Fsp3) is 0.579. The first-order valence-electron chi connectivity index (χ1n) is 9.41. The van der Waals surface area contributed by atoms with E-state index in [1.165, 1.54) is 32.4 Å². The van der Waals surface area contributed by atoms with Crippen LogP contribution in [0.4, 0.5) is 8.78 Å². The van der Waals surface area contributed by atoms with Crippen molar-refractivity contribution in [2.75, 3.05) is 33.8 Å². The Kier molecular flexibility index (Phi) is 9.06. The van der Waals surface area contributed by atoms with Gasteiger partial charge in [-0.3, -0.25) is 4.90 Å². The van der Waals surface area contributed by atoms with Crippen molar-refractivity contribution in [2.24, 2.45) is 5.92 Å². The van der Waals surface area contributed by atoms with E-state index in [1.807, 2.05) is 7.05 Å². The first-order chi connectivity index (χ1) is 13.6. The number of hydrogen-bond donors (Lipinski definition) is 1. The van der Waals surface area contributed by atoms with Crippen molar-refractivity contribution < 1.29 is 22.8 Å². The van der Waals surface area contributed by atoms with Crippen LogP contribution < -0.4 is 14.8 Å². The molecular formula is C19H27ClF2N4O3. The van der Waals surface area contributed by atoms with E-state index in [1.54, 1.807) is 12.1 Å². The summed E-state index contributed by atoms with van der Waals surface area (Å²) in [6.45, 7) is 0.774. The van der Waals surface area contributed by atoms with Crippen LogP contribution in [0.15, 0.2) is 22.7 Å². The molecule has 0 radical (unpaired) electrons. The summed E-state index contributed by atoms with van der Waals surface area (Å²) in [4.78, 5) is 6.75. The summed E-state index contributed by atoms with van der Waals surface area (Å²) in [7, 11) is 3.37. The second kappa shape index (κ2) is 11.3. The van der Waals surface area contributed by atoms with Crippen LogP contribution >= 0.6 is 12.4 Å². The number of alkyl halides is 2. The van der Waals surface area contributed by atoms with Crippen LogP contribution in [0.3, 0.4) is 0 Å². The summed E-state index contributed by atoms with van der Waals surface area (Å²) in [6.07, 6.45) is 3.55. The Balaban J connectivity index is 0.00000300. The maximum Gasteiger partial charge on any atom is 0.387 e. The number of nitrogens with zero attached hydrogens (tertiary/aromatic N) is 3. The molecular weight excluding hydrogens is 406 g/mol. The van der Waals surface area contributed by atoms with Crippen molar-refractivity contribution in [2.45, 2.75) is 32.4 Å². The highest BCUT2D eigenvalue weighted by Crippen LogP contribution is 2.32. The van der Waals surface area contributed by atoms with Gasteiger partial charge in [0, 0.05) is 5.56 Å². The molecule has 0 atom stereocenters. The van der Waals surface area contributed by atoms with Gasteiger partial charge in [-0.15, -0.1) is 12.4 Å². The van der Waals surface area contributed by atoms with Crippen LogP contribution in [0.5, 0.6) is 11.5 Å². The highest BCUT2D eigenvalue weighted by Gasteiger charge is 2.21. The van der Waals surface area contributed by atoms with Gasteiger partial charge in [-0.25, -0.2) is 0 Å². The largest absolute Gasteiger partial charge is 0.493 e. The third-order valence-corrected chi connectivity index (χ3v) is 4.97. The number of likely N-dealkylation sites (tertiary alicyclic amines) is 1. The number of nitrogens with one attached hydrogen (secondary N) is 1. The molecule has 0 bridgehead atoms. The Hall–Kier alpha value is -1.97. The minimum absolute atomic E-state index is 0. The van der Waals surface area contributed by atoms with Gasteiger partial charge in [0.25, 0.3) is 0 Å². The molecule has 1 N–H and O–H groups in total. The number of piperidine rings is 1. The lowest BCUT2D eigenvalue weighted by molar-refractivity contribution is -0.0512. The first kappa shape index (κ1) is 23.3. The van der Waals surface area contributed by atoms with E-state index >= 15 is 0 Å². The molecule has 7 nitrogen and oxygen atoms in total. The molecule has 0 aliphatic carbocycles. The minimum Gasteiger partial charge on any atom is -0.493 e. The smallest absolute Gasteiger partial charge is 0.387 e. The van der Waals surface area contributed by atoms with Gasteiger partial charge in [0.15, 0.2) is 11.5 Å². The average molecular weight is 433 g/mol. The van der Waals surface area contributed by atoms with E-state index in [0.717, 1.165) is 25.6 Å². The number of ether oxygens (including phenoxy) is 2. The SMILES string of the molecule is CNCCC1CCN(Cc2nc(-c3ccc(OC(F)F)c(OC)c3)no2)CC1.Cl. The Labute approximate surface area is 175 Å². The van der Waals surface area contributed by atoms with Gasteiger partial charge >= 0.3 is 6.61 Å². The third kappa shape index (κ3) is 6.52. The summed E-state index contributed by atoms with van der Waals surface area (Å²) >= 11 is 0. The molecule has 1 fully saturated rings. The lowest BCUT2D eigenvalue weighted by Crippen LogP contribution is -2.34. The van der Waals surface area contributed by atoms with Crippen molar-refractivity contribution in [3.05, 3.63) is 24.1 Å². The quantitative estimate of drug-likeness (QED) is 0.649. The Morgan fingerprint density at radius 3 is 2.69 bits per heavy atom. The zero-order valence-corrected chi connectivity index (χ0v) is 17.4. The standard InChI is InChI=1S/C19H26F2N4O3.ClH/c1-22-8-5-13-6-9-25(10-7-13)12-17-23-18(24-28-17)14-3-4-15(27-19(20)21)16(11-14)26-2;/h3-4,11,13,19,22H,5-10,12H2,1-2H3;1H. The summed E-state index contributed by atoms with van der Waals surface area (Å²) < 4.78 is 39.8. The molecule has 1 aliphatic rings. The van der Waals surface area contributed by atoms with Gasteiger partial charge in [-0.2, -0.15) is 13.8 Å². The molecule has 0 unspecified atom stereocenters. The van der Waals surface area contributed by atoms with Crippen LogP contribution in [0, 0.1) is 5.92 Å². The average Bonchev–Trinajstić information content (AvgIpc) is 3.16. The van der Waals surface area contributed by atoms with Crippen LogP contribution in [0.1, 0.15) is 25.2 Å². The number of hydrogen-bond acceptors (Lipinski definition) is 7. The second-order valence-corrected chi connectivity index (χ2v) is 6.87. The molecule has 3 rings (SSSR count). The van der Waals surface area contributed by atoms with Gasteiger partial charge in [0.1, 0.15) is 0 Å². The van der Waals surface area contributed by atoms with Gasteiger partial charge in [0.05, 0.1) is 13.7 Å². The number of benzene rings is 1.